The van der Waals surface area contributed by atoms with Crippen molar-refractivity contribution in [2.45, 2.75) is 32.1 Å². The number of allylic oxidation sites excluding steroid dienone is 1. The lowest BCUT2D eigenvalue weighted by Gasteiger charge is -2.13. The van der Waals surface area contributed by atoms with Crippen LogP contribution >= 0.6 is 0 Å². The number of hydrogen-bond acceptors (Lipinski definition) is 4. The SMILES string of the molecule is O=C(NCCC1=CCCCC1)c1cccc(-c2nc(-c3cccc(F)c3)no2)c1. The van der Waals surface area contributed by atoms with Gasteiger partial charge < -0.3 is 9.84 Å². The molecule has 0 atom stereocenters. The third kappa shape index (κ3) is 4.77. The average Bonchev–Trinajstić information content (AvgIpc) is 3.25. The lowest BCUT2D eigenvalue weighted by Crippen LogP contribution is -2.24. The second-order valence-corrected chi connectivity index (χ2v) is 7.13. The zero-order valence-corrected chi connectivity index (χ0v) is 16.0. The maximum atomic E-state index is 13.4. The molecule has 0 radical (unpaired) electrons. The van der Waals surface area contributed by atoms with Crippen molar-refractivity contribution in [1.29, 1.82) is 0 Å². The lowest BCUT2D eigenvalue weighted by atomic mass is 9.97. The van der Waals surface area contributed by atoms with E-state index in [1.165, 1.54) is 30.5 Å². The molecule has 0 saturated carbocycles. The number of aromatic nitrogens is 2. The number of nitrogens with one attached hydrogen (secondary N) is 1. The predicted octanol–water partition coefficient (Wildman–Crippen LogP) is 5.16. The monoisotopic (exact) mass is 391 g/mol. The summed E-state index contributed by atoms with van der Waals surface area (Å²) in [6.45, 7) is 0.624. The Morgan fingerprint density at radius 2 is 1.97 bits per heavy atom. The van der Waals surface area contributed by atoms with Crippen LogP contribution < -0.4 is 5.32 Å². The van der Waals surface area contributed by atoms with Crippen LogP contribution in [0.15, 0.2) is 64.7 Å². The largest absolute Gasteiger partial charge is 0.352 e. The van der Waals surface area contributed by atoms with Gasteiger partial charge in [0.2, 0.25) is 5.82 Å². The molecule has 148 valence electrons. The van der Waals surface area contributed by atoms with Crippen molar-refractivity contribution in [2.24, 2.45) is 0 Å². The molecule has 1 heterocycles. The van der Waals surface area contributed by atoms with E-state index in [9.17, 15) is 9.18 Å². The molecule has 0 fully saturated rings. The zero-order valence-electron chi connectivity index (χ0n) is 16.0. The molecule has 5 nitrogen and oxygen atoms in total. The molecule has 6 heteroatoms. The summed E-state index contributed by atoms with van der Waals surface area (Å²) >= 11 is 0. The fourth-order valence-electron chi connectivity index (χ4n) is 3.45. The number of amides is 1. The Kier molecular flexibility index (Phi) is 5.79. The normalized spacial score (nSPS) is 13.8. The highest BCUT2D eigenvalue weighted by Gasteiger charge is 2.14. The van der Waals surface area contributed by atoms with Gasteiger partial charge in [0.1, 0.15) is 5.82 Å². The maximum Gasteiger partial charge on any atom is 0.258 e. The van der Waals surface area contributed by atoms with Crippen molar-refractivity contribution in [1.82, 2.24) is 15.5 Å². The molecule has 0 unspecified atom stereocenters. The topological polar surface area (TPSA) is 68.0 Å². The van der Waals surface area contributed by atoms with E-state index in [1.54, 1.807) is 36.4 Å². The Hall–Kier alpha value is -3.28. The van der Waals surface area contributed by atoms with E-state index in [4.69, 9.17) is 4.52 Å². The van der Waals surface area contributed by atoms with Crippen LogP contribution in [-0.2, 0) is 0 Å². The molecule has 4 rings (SSSR count). The van der Waals surface area contributed by atoms with Crippen molar-refractivity contribution in [3.05, 3.63) is 71.6 Å². The van der Waals surface area contributed by atoms with Gasteiger partial charge in [-0.2, -0.15) is 4.98 Å². The Bertz CT molecular complexity index is 1040. The van der Waals surface area contributed by atoms with Gasteiger partial charge in [-0.15, -0.1) is 0 Å². The number of rotatable bonds is 6. The Morgan fingerprint density at radius 3 is 2.79 bits per heavy atom. The summed E-state index contributed by atoms with van der Waals surface area (Å²) in [4.78, 5) is 16.8. The summed E-state index contributed by atoms with van der Waals surface area (Å²) in [5, 5.41) is 6.89. The summed E-state index contributed by atoms with van der Waals surface area (Å²) in [5.41, 5.74) is 3.14. The predicted molar refractivity (Wildman–Crippen MR) is 109 cm³/mol. The fraction of sp³-hybridized carbons (Fsp3) is 0.261. The van der Waals surface area contributed by atoms with E-state index in [0.29, 0.717) is 29.1 Å². The first-order valence-corrected chi connectivity index (χ1v) is 9.85. The second kappa shape index (κ2) is 8.82. The molecule has 3 aromatic rings. The first kappa shape index (κ1) is 19.1. The van der Waals surface area contributed by atoms with Gasteiger partial charge in [0.15, 0.2) is 0 Å². The minimum atomic E-state index is -0.364. The van der Waals surface area contributed by atoms with Crippen molar-refractivity contribution in [2.75, 3.05) is 6.54 Å². The molecule has 0 bridgehead atoms. The summed E-state index contributed by atoms with van der Waals surface area (Å²) < 4.78 is 18.7. The molecular weight excluding hydrogens is 369 g/mol. The van der Waals surface area contributed by atoms with E-state index in [1.807, 2.05) is 0 Å². The first-order chi connectivity index (χ1) is 14.2. The number of benzene rings is 2. The summed E-state index contributed by atoms with van der Waals surface area (Å²) in [5.74, 6) is 0.0889. The minimum absolute atomic E-state index is 0.131. The highest BCUT2D eigenvalue weighted by molar-refractivity contribution is 5.95. The van der Waals surface area contributed by atoms with Crippen molar-refractivity contribution < 1.29 is 13.7 Å². The van der Waals surface area contributed by atoms with Crippen LogP contribution in [0.5, 0.6) is 0 Å². The molecular formula is C23H22FN3O2. The Labute approximate surface area is 168 Å². The van der Waals surface area contributed by atoms with Crippen LogP contribution in [0.4, 0.5) is 4.39 Å². The number of hydrogen-bond donors (Lipinski definition) is 1. The van der Waals surface area contributed by atoms with Gasteiger partial charge in [0, 0.05) is 23.2 Å². The Balaban J connectivity index is 1.43. The minimum Gasteiger partial charge on any atom is -0.352 e. The summed E-state index contributed by atoms with van der Waals surface area (Å²) in [7, 11) is 0. The number of carbonyl (C=O) groups excluding carboxylic acids is 1. The average molecular weight is 391 g/mol. The van der Waals surface area contributed by atoms with Crippen LogP contribution in [0.25, 0.3) is 22.8 Å². The zero-order chi connectivity index (χ0) is 20.1. The van der Waals surface area contributed by atoms with Crippen molar-refractivity contribution in [3.8, 4) is 22.8 Å². The highest BCUT2D eigenvalue weighted by atomic mass is 19.1. The smallest absolute Gasteiger partial charge is 0.258 e. The fourth-order valence-corrected chi connectivity index (χ4v) is 3.45. The third-order valence-corrected chi connectivity index (χ3v) is 5.00. The van der Waals surface area contributed by atoms with Crippen LogP contribution in [0.2, 0.25) is 0 Å². The first-order valence-electron chi connectivity index (χ1n) is 9.85. The molecule has 29 heavy (non-hydrogen) atoms. The van der Waals surface area contributed by atoms with Crippen molar-refractivity contribution >= 4 is 5.91 Å². The summed E-state index contributed by atoms with van der Waals surface area (Å²) in [6.07, 6.45) is 7.97. The van der Waals surface area contributed by atoms with Gasteiger partial charge in [-0.05, 0) is 62.4 Å². The standard InChI is InChI=1S/C23H22FN3O2/c24-20-11-5-8-17(15-20)21-26-23(29-27-21)19-10-4-9-18(14-19)22(28)25-13-12-16-6-2-1-3-7-16/h4-6,8-11,14-15H,1-3,7,12-13H2,(H,25,28). The Morgan fingerprint density at radius 1 is 1.10 bits per heavy atom. The van der Waals surface area contributed by atoms with E-state index in [0.717, 1.165) is 19.3 Å². The molecule has 0 spiro atoms. The molecule has 2 aromatic carbocycles. The van der Waals surface area contributed by atoms with Crippen molar-refractivity contribution in [3.63, 3.8) is 0 Å². The second-order valence-electron chi connectivity index (χ2n) is 7.13. The number of halogens is 1. The highest BCUT2D eigenvalue weighted by Crippen LogP contribution is 2.23. The quantitative estimate of drug-likeness (QED) is 0.589. The molecule has 1 aliphatic carbocycles. The molecule has 1 aromatic heterocycles. The van der Waals surface area contributed by atoms with Crippen LogP contribution in [-0.4, -0.2) is 22.6 Å². The third-order valence-electron chi connectivity index (χ3n) is 5.00. The molecule has 1 amide bonds. The summed E-state index contributed by atoms with van der Waals surface area (Å²) in [6, 6.07) is 13.1. The van der Waals surface area contributed by atoms with Crippen LogP contribution in [0, 0.1) is 5.82 Å². The molecule has 0 aliphatic heterocycles. The van der Waals surface area contributed by atoms with Gasteiger partial charge in [-0.3, -0.25) is 4.79 Å². The lowest BCUT2D eigenvalue weighted by molar-refractivity contribution is 0.0954. The molecule has 0 saturated heterocycles. The van der Waals surface area contributed by atoms with E-state index >= 15 is 0 Å². The van der Waals surface area contributed by atoms with Gasteiger partial charge in [0.25, 0.3) is 11.8 Å². The maximum absolute atomic E-state index is 13.4. The van der Waals surface area contributed by atoms with Gasteiger partial charge >= 0.3 is 0 Å². The van der Waals surface area contributed by atoms with E-state index < -0.39 is 0 Å². The van der Waals surface area contributed by atoms with Gasteiger partial charge in [-0.25, -0.2) is 4.39 Å². The molecule has 1 N–H and O–H groups in total. The van der Waals surface area contributed by atoms with Crippen LogP contribution in [0.1, 0.15) is 42.5 Å². The van der Waals surface area contributed by atoms with E-state index in [2.05, 4.69) is 21.5 Å². The van der Waals surface area contributed by atoms with Gasteiger partial charge in [0.05, 0.1) is 0 Å². The number of nitrogens with zero attached hydrogens (tertiary/aromatic N) is 2. The van der Waals surface area contributed by atoms with E-state index in [-0.39, 0.29) is 17.6 Å². The number of carbonyl (C=O) groups is 1. The molecule has 1 aliphatic rings. The van der Waals surface area contributed by atoms with Gasteiger partial charge in [-0.1, -0.05) is 35.0 Å². The van der Waals surface area contributed by atoms with Crippen LogP contribution in [0.3, 0.4) is 0 Å².